The molecule has 108 valence electrons. The molecule has 1 atom stereocenters. The zero-order valence-corrected chi connectivity index (χ0v) is 12.4. The van der Waals surface area contributed by atoms with Crippen LogP contribution in [-0.4, -0.2) is 30.5 Å². The van der Waals surface area contributed by atoms with Gasteiger partial charge in [0.15, 0.2) is 11.5 Å². The molecule has 0 amide bonds. The van der Waals surface area contributed by atoms with Gasteiger partial charge in [-0.3, -0.25) is 4.68 Å². The highest BCUT2D eigenvalue weighted by molar-refractivity contribution is 5.45. The van der Waals surface area contributed by atoms with E-state index in [4.69, 9.17) is 15.2 Å². The molecule has 20 heavy (non-hydrogen) atoms. The van der Waals surface area contributed by atoms with E-state index in [9.17, 15) is 0 Å². The molecule has 0 radical (unpaired) electrons. The molecular weight excluding hydrogens is 254 g/mol. The minimum Gasteiger partial charge on any atom is -0.493 e. The average molecular weight is 275 g/mol. The highest BCUT2D eigenvalue weighted by Crippen LogP contribution is 2.32. The van der Waals surface area contributed by atoms with Crippen molar-refractivity contribution < 1.29 is 9.47 Å². The minimum absolute atomic E-state index is 0.0843. The largest absolute Gasteiger partial charge is 0.493 e. The number of ether oxygens (including phenoxy) is 2. The molecule has 0 aliphatic heterocycles. The third-order valence-electron chi connectivity index (χ3n) is 3.44. The number of rotatable bonds is 5. The van der Waals surface area contributed by atoms with E-state index in [-0.39, 0.29) is 5.92 Å². The van der Waals surface area contributed by atoms with Crippen molar-refractivity contribution in [1.29, 1.82) is 0 Å². The predicted molar refractivity (Wildman–Crippen MR) is 78.4 cm³/mol. The highest BCUT2D eigenvalue weighted by Gasteiger charge is 2.18. The third-order valence-corrected chi connectivity index (χ3v) is 3.44. The first-order chi connectivity index (χ1) is 9.60. The second-order valence-electron chi connectivity index (χ2n) is 4.74. The predicted octanol–water partition coefficient (Wildman–Crippen LogP) is 1.84. The van der Waals surface area contributed by atoms with Crippen molar-refractivity contribution in [1.82, 2.24) is 9.78 Å². The Hall–Kier alpha value is -2.01. The SMILES string of the molecule is COc1ccc(C(CN)c2cc(C)nn2C)cc1OC. The van der Waals surface area contributed by atoms with Gasteiger partial charge >= 0.3 is 0 Å². The molecule has 1 heterocycles. The number of benzene rings is 1. The molecule has 2 N–H and O–H groups in total. The van der Waals surface area contributed by atoms with Crippen molar-refractivity contribution in [2.75, 3.05) is 20.8 Å². The van der Waals surface area contributed by atoms with Crippen LogP contribution in [0.2, 0.25) is 0 Å². The number of nitrogens with two attached hydrogens (primary N) is 1. The molecular formula is C15H21N3O2. The van der Waals surface area contributed by atoms with Crippen LogP contribution in [0.25, 0.3) is 0 Å². The molecule has 5 heteroatoms. The van der Waals surface area contributed by atoms with Crippen LogP contribution in [0.1, 0.15) is 22.9 Å². The lowest BCUT2D eigenvalue weighted by atomic mass is 9.95. The van der Waals surface area contributed by atoms with E-state index in [0.717, 1.165) is 17.0 Å². The summed E-state index contributed by atoms with van der Waals surface area (Å²) in [5.74, 6) is 1.51. The first kappa shape index (κ1) is 14.4. The van der Waals surface area contributed by atoms with Gasteiger partial charge in [-0.25, -0.2) is 0 Å². The molecule has 2 rings (SSSR count). The van der Waals surface area contributed by atoms with Crippen molar-refractivity contribution in [3.05, 3.63) is 41.2 Å². The molecule has 2 aromatic rings. The van der Waals surface area contributed by atoms with Gasteiger partial charge in [-0.15, -0.1) is 0 Å². The molecule has 0 aliphatic carbocycles. The minimum atomic E-state index is 0.0843. The first-order valence-corrected chi connectivity index (χ1v) is 6.53. The van der Waals surface area contributed by atoms with Crippen molar-refractivity contribution in [3.63, 3.8) is 0 Å². The highest BCUT2D eigenvalue weighted by atomic mass is 16.5. The average Bonchev–Trinajstić information content (AvgIpc) is 2.78. The lowest BCUT2D eigenvalue weighted by molar-refractivity contribution is 0.354. The van der Waals surface area contributed by atoms with Crippen molar-refractivity contribution >= 4 is 0 Å². The molecule has 0 fully saturated rings. The maximum atomic E-state index is 5.96. The molecule has 1 aromatic heterocycles. The molecule has 1 aromatic carbocycles. The van der Waals surface area contributed by atoms with Crippen LogP contribution in [0.15, 0.2) is 24.3 Å². The van der Waals surface area contributed by atoms with Gasteiger partial charge in [0.2, 0.25) is 0 Å². The number of aryl methyl sites for hydroxylation is 2. The third kappa shape index (κ3) is 2.63. The Labute approximate surface area is 119 Å². The second-order valence-corrected chi connectivity index (χ2v) is 4.74. The summed E-state index contributed by atoms with van der Waals surface area (Å²) in [6, 6.07) is 7.95. The van der Waals surface area contributed by atoms with Gasteiger partial charge in [-0.05, 0) is 30.7 Å². The van der Waals surface area contributed by atoms with E-state index in [1.165, 1.54) is 0 Å². The smallest absolute Gasteiger partial charge is 0.161 e. The van der Waals surface area contributed by atoms with Crippen LogP contribution in [0, 0.1) is 6.92 Å². The van der Waals surface area contributed by atoms with Gasteiger partial charge in [0.05, 0.1) is 19.9 Å². The van der Waals surface area contributed by atoms with Crippen molar-refractivity contribution in [3.8, 4) is 11.5 Å². The van der Waals surface area contributed by atoms with E-state index in [1.54, 1.807) is 14.2 Å². The molecule has 1 unspecified atom stereocenters. The van der Waals surface area contributed by atoms with Gasteiger partial charge in [-0.1, -0.05) is 6.07 Å². The summed E-state index contributed by atoms with van der Waals surface area (Å²) in [4.78, 5) is 0. The first-order valence-electron chi connectivity index (χ1n) is 6.53. The maximum absolute atomic E-state index is 5.96. The summed E-state index contributed by atoms with van der Waals surface area (Å²) in [6.45, 7) is 2.49. The summed E-state index contributed by atoms with van der Waals surface area (Å²) < 4.78 is 12.5. The molecule has 5 nitrogen and oxygen atoms in total. The van der Waals surface area contributed by atoms with Gasteiger partial charge < -0.3 is 15.2 Å². The molecule has 0 saturated heterocycles. The van der Waals surface area contributed by atoms with Gasteiger partial charge in [0.25, 0.3) is 0 Å². The molecule has 0 saturated carbocycles. The van der Waals surface area contributed by atoms with Crippen molar-refractivity contribution in [2.45, 2.75) is 12.8 Å². The van der Waals surface area contributed by atoms with Crippen LogP contribution in [0.4, 0.5) is 0 Å². The topological polar surface area (TPSA) is 62.3 Å². The van der Waals surface area contributed by atoms with Crippen LogP contribution < -0.4 is 15.2 Å². The number of methoxy groups -OCH3 is 2. The van der Waals surface area contributed by atoms with Gasteiger partial charge in [0, 0.05) is 25.2 Å². The van der Waals surface area contributed by atoms with E-state index < -0.39 is 0 Å². The quantitative estimate of drug-likeness (QED) is 0.904. The van der Waals surface area contributed by atoms with E-state index >= 15 is 0 Å². The van der Waals surface area contributed by atoms with E-state index in [1.807, 2.05) is 36.9 Å². The Morgan fingerprint density at radius 3 is 2.40 bits per heavy atom. The second kappa shape index (κ2) is 5.96. The molecule has 0 aliphatic rings. The van der Waals surface area contributed by atoms with Crippen molar-refractivity contribution in [2.24, 2.45) is 12.8 Å². The fraction of sp³-hybridized carbons (Fsp3) is 0.400. The summed E-state index contributed by atoms with van der Waals surface area (Å²) in [7, 11) is 5.20. The Balaban J connectivity index is 2.44. The Morgan fingerprint density at radius 2 is 1.90 bits per heavy atom. The lowest BCUT2D eigenvalue weighted by Crippen LogP contribution is -2.17. The fourth-order valence-electron chi connectivity index (χ4n) is 2.45. The monoisotopic (exact) mass is 275 g/mol. The summed E-state index contributed by atoms with van der Waals surface area (Å²) in [6.07, 6.45) is 0. The van der Waals surface area contributed by atoms with E-state index in [2.05, 4.69) is 11.2 Å². The van der Waals surface area contributed by atoms with Crippen LogP contribution in [-0.2, 0) is 7.05 Å². The molecule has 0 bridgehead atoms. The van der Waals surface area contributed by atoms with Crippen LogP contribution in [0.5, 0.6) is 11.5 Å². The zero-order chi connectivity index (χ0) is 14.7. The Bertz CT molecular complexity index is 593. The normalized spacial score (nSPS) is 12.2. The number of aromatic nitrogens is 2. The Morgan fingerprint density at radius 1 is 1.20 bits per heavy atom. The Kier molecular flexibility index (Phi) is 4.29. The maximum Gasteiger partial charge on any atom is 0.161 e. The summed E-state index contributed by atoms with van der Waals surface area (Å²) in [5, 5.41) is 4.39. The van der Waals surface area contributed by atoms with Crippen LogP contribution in [0.3, 0.4) is 0 Å². The summed E-state index contributed by atoms with van der Waals surface area (Å²) >= 11 is 0. The van der Waals surface area contributed by atoms with Gasteiger partial charge in [-0.2, -0.15) is 5.10 Å². The van der Waals surface area contributed by atoms with Gasteiger partial charge in [0.1, 0.15) is 0 Å². The summed E-state index contributed by atoms with van der Waals surface area (Å²) in [5.41, 5.74) is 9.14. The number of hydrogen-bond donors (Lipinski definition) is 1. The standard InChI is InChI=1S/C15H21N3O2/c1-10-7-13(18(2)17-10)12(9-16)11-5-6-14(19-3)15(8-11)20-4/h5-8,12H,9,16H2,1-4H3. The molecule has 0 spiro atoms. The number of hydrogen-bond acceptors (Lipinski definition) is 4. The lowest BCUT2D eigenvalue weighted by Gasteiger charge is -2.17. The fourth-order valence-corrected chi connectivity index (χ4v) is 2.45. The zero-order valence-electron chi connectivity index (χ0n) is 12.4. The van der Waals surface area contributed by atoms with Crippen LogP contribution >= 0.6 is 0 Å². The number of nitrogens with zero attached hydrogens (tertiary/aromatic N) is 2. The van der Waals surface area contributed by atoms with E-state index in [0.29, 0.717) is 18.0 Å².